The first kappa shape index (κ1) is 34.3. The molecule has 0 spiro atoms. The number of ether oxygens (including phenoxy) is 1. The Bertz CT molecular complexity index is 1940. The third-order valence-corrected chi connectivity index (χ3v) is 9.86. The van der Waals surface area contributed by atoms with Crippen molar-refractivity contribution in [1.82, 2.24) is 15.5 Å². The number of nitrogens with zero attached hydrogens (tertiary/aromatic N) is 1. The van der Waals surface area contributed by atoms with Crippen molar-refractivity contribution in [1.29, 1.82) is 0 Å². The summed E-state index contributed by atoms with van der Waals surface area (Å²) in [5, 5.41) is 24.9. The third kappa shape index (κ3) is 7.68. The van der Waals surface area contributed by atoms with Gasteiger partial charge in [-0.2, -0.15) is 0 Å². The van der Waals surface area contributed by atoms with Crippen molar-refractivity contribution in [3.05, 3.63) is 119 Å². The predicted molar refractivity (Wildman–Crippen MR) is 191 cm³/mol. The second-order valence-corrected chi connectivity index (χ2v) is 13.0. The number of hydrogen-bond acceptors (Lipinski definition) is 8. The molecule has 0 saturated carbocycles. The lowest BCUT2D eigenvalue weighted by Crippen LogP contribution is -2.52. The molecular formula is C39H37N3O7S. The second-order valence-electron chi connectivity index (χ2n) is 12.0. The van der Waals surface area contributed by atoms with E-state index in [1.165, 1.54) is 16.7 Å². The van der Waals surface area contributed by atoms with Crippen molar-refractivity contribution in [2.24, 2.45) is 0 Å². The van der Waals surface area contributed by atoms with Crippen molar-refractivity contribution in [2.45, 2.75) is 43.7 Å². The number of rotatable bonds is 12. The fourth-order valence-electron chi connectivity index (χ4n) is 6.29. The number of fused-ring (bicyclic) bond motifs is 1. The molecule has 50 heavy (non-hydrogen) atoms. The van der Waals surface area contributed by atoms with E-state index < -0.39 is 11.9 Å². The Kier molecular flexibility index (Phi) is 10.5. The maximum Gasteiger partial charge on any atom is 0.255 e. The minimum atomic E-state index is -0.693. The maximum absolute atomic E-state index is 13.1. The van der Waals surface area contributed by atoms with Gasteiger partial charge in [-0.25, -0.2) is 0 Å². The van der Waals surface area contributed by atoms with Gasteiger partial charge in [0.1, 0.15) is 29.9 Å². The van der Waals surface area contributed by atoms with Gasteiger partial charge in [-0.15, -0.1) is 11.8 Å². The summed E-state index contributed by atoms with van der Waals surface area (Å²) < 4.78 is 5.92. The van der Waals surface area contributed by atoms with Crippen LogP contribution < -0.4 is 15.4 Å². The number of thioether (sulfide) groups is 1. The Morgan fingerprint density at radius 2 is 1.54 bits per heavy atom. The predicted octanol–water partition coefficient (Wildman–Crippen LogP) is 5.52. The standard InChI is InChI=1S/C39H37N3O7S/c1-2-30(24-6-12-27(43)13-7-24)37(25-8-14-28(44)15-9-25)26-10-16-29(17-11-26)49-21-20-40-36(46)23-50-34-5-3-4-31-32(34)22-42(39(31)48)33-18-19-35(45)41-38(33)47/h3-17,33,43-44H,2,18-23H2,1H3,(H,40,46)(H,41,45,47). The van der Waals surface area contributed by atoms with Gasteiger partial charge in [-0.05, 0) is 94.8 Å². The number of allylic oxidation sites excluding steroid dienone is 1. The monoisotopic (exact) mass is 691 g/mol. The normalized spacial score (nSPS) is 16.1. The van der Waals surface area contributed by atoms with E-state index >= 15 is 0 Å². The zero-order valence-electron chi connectivity index (χ0n) is 27.5. The number of phenols is 2. The van der Waals surface area contributed by atoms with Crippen molar-refractivity contribution >= 4 is 46.5 Å². The molecule has 0 aromatic heterocycles. The van der Waals surface area contributed by atoms with Gasteiger partial charge in [0.15, 0.2) is 0 Å². The lowest BCUT2D eigenvalue weighted by Gasteiger charge is -2.29. The SMILES string of the molecule is CCC(=C(c1ccc(O)cc1)c1ccc(OCCNC(=O)CSc2cccc3c2CN(C2CCC(=O)NC2=O)C3=O)cc1)c1ccc(O)cc1. The van der Waals surface area contributed by atoms with E-state index in [2.05, 4.69) is 17.6 Å². The van der Waals surface area contributed by atoms with Crippen LogP contribution in [0.3, 0.4) is 0 Å². The smallest absolute Gasteiger partial charge is 0.255 e. The molecule has 4 aromatic rings. The van der Waals surface area contributed by atoms with E-state index in [4.69, 9.17) is 4.74 Å². The molecule has 1 fully saturated rings. The van der Waals surface area contributed by atoms with Gasteiger partial charge >= 0.3 is 0 Å². The summed E-state index contributed by atoms with van der Waals surface area (Å²) in [6, 6.07) is 26.6. The van der Waals surface area contributed by atoms with E-state index in [-0.39, 0.29) is 54.5 Å². The topological polar surface area (TPSA) is 145 Å². The zero-order chi connectivity index (χ0) is 35.2. The summed E-state index contributed by atoms with van der Waals surface area (Å²) in [6.45, 7) is 2.90. The van der Waals surface area contributed by atoms with E-state index in [0.717, 1.165) is 44.7 Å². The van der Waals surface area contributed by atoms with Gasteiger partial charge in [-0.1, -0.05) is 49.4 Å². The summed E-state index contributed by atoms with van der Waals surface area (Å²) in [7, 11) is 0. The Labute approximate surface area is 294 Å². The van der Waals surface area contributed by atoms with Crippen molar-refractivity contribution in [2.75, 3.05) is 18.9 Å². The number of nitrogens with one attached hydrogen (secondary N) is 2. The molecule has 2 aliphatic rings. The fourth-order valence-corrected chi connectivity index (χ4v) is 7.21. The second kappa shape index (κ2) is 15.3. The van der Waals surface area contributed by atoms with Crippen LogP contribution in [0.4, 0.5) is 0 Å². The van der Waals surface area contributed by atoms with Crippen molar-refractivity contribution in [3.63, 3.8) is 0 Å². The largest absolute Gasteiger partial charge is 0.508 e. The highest BCUT2D eigenvalue weighted by Gasteiger charge is 2.39. The molecule has 1 unspecified atom stereocenters. The van der Waals surface area contributed by atoms with Crippen LogP contribution in [-0.2, 0) is 20.9 Å². The summed E-state index contributed by atoms with van der Waals surface area (Å²) >= 11 is 1.33. The van der Waals surface area contributed by atoms with Crippen LogP contribution >= 0.6 is 11.8 Å². The van der Waals surface area contributed by atoms with Gasteiger partial charge in [0.05, 0.1) is 12.3 Å². The molecule has 0 radical (unpaired) electrons. The Hall–Kier alpha value is -5.55. The summed E-state index contributed by atoms with van der Waals surface area (Å²) in [5.74, 6) is -0.0398. The molecule has 4 N–H and O–H groups in total. The van der Waals surface area contributed by atoms with Crippen LogP contribution in [0.25, 0.3) is 11.1 Å². The fraction of sp³-hybridized carbons (Fsp3) is 0.231. The first-order chi connectivity index (χ1) is 24.2. The van der Waals surface area contributed by atoms with Gasteiger partial charge in [-0.3, -0.25) is 24.5 Å². The van der Waals surface area contributed by atoms with Crippen LogP contribution in [0.15, 0.2) is 95.9 Å². The number of carbonyl (C=O) groups is 4. The van der Waals surface area contributed by atoms with Crippen LogP contribution in [0.5, 0.6) is 17.2 Å². The van der Waals surface area contributed by atoms with E-state index in [1.54, 1.807) is 36.4 Å². The minimum absolute atomic E-state index is 0.144. The van der Waals surface area contributed by atoms with Crippen molar-refractivity contribution < 1.29 is 34.1 Å². The van der Waals surface area contributed by atoms with Gasteiger partial charge in [0.25, 0.3) is 5.91 Å². The molecule has 4 aromatic carbocycles. The highest BCUT2D eigenvalue weighted by molar-refractivity contribution is 8.00. The molecule has 10 nitrogen and oxygen atoms in total. The van der Waals surface area contributed by atoms with E-state index in [0.29, 0.717) is 24.3 Å². The number of hydrogen-bond donors (Lipinski definition) is 4. The maximum atomic E-state index is 13.1. The number of amides is 4. The number of imide groups is 1. The molecule has 1 saturated heterocycles. The number of benzene rings is 4. The first-order valence-electron chi connectivity index (χ1n) is 16.4. The summed E-state index contributed by atoms with van der Waals surface area (Å²) in [6.07, 6.45) is 1.22. The molecule has 2 heterocycles. The summed E-state index contributed by atoms with van der Waals surface area (Å²) in [5.41, 5.74) is 6.28. The molecule has 11 heteroatoms. The van der Waals surface area contributed by atoms with Crippen LogP contribution in [-0.4, -0.2) is 63.7 Å². The number of aromatic hydroxyl groups is 2. The zero-order valence-corrected chi connectivity index (χ0v) is 28.3. The molecule has 0 aliphatic carbocycles. The van der Waals surface area contributed by atoms with Crippen LogP contribution in [0.1, 0.15) is 58.8 Å². The third-order valence-electron chi connectivity index (χ3n) is 8.76. The Balaban J connectivity index is 1.04. The van der Waals surface area contributed by atoms with Gasteiger partial charge in [0, 0.05) is 23.4 Å². The number of piperidine rings is 1. The molecule has 1 atom stereocenters. The first-order valence-corrected chi connectivity index (χ1v) is 17.4. The lowest BCUT2D eigenvalue weighted by molar-refractivity contribution is -0.137. The number of phenolic OH excluding ortho intramolecular Hbond substituents is 2. The van der Waals surface area contributed by atoms with E-state index in [1.807, 2.05) is 54.6 Å². The highest BCUT2D eigenvalue weighted by Crippen LogP contribution is 2.37. The number of carbonyl (C=O) groups excluding carboxylic acids is 4. The quantitative estimate of drug-likeness (QED) is 0.0659. The average molecular weight is 692 g/mol. The molecule has 2 aliphatic heterocycles. The summed E-state index contributed by atoms with van der Waals surface area (Å²) in [4.78, 5) is 52.1. The Morgan fingerprint density at radius 3 is 2.18 bits per heavy atom. The van der Waals surface area contributed by atoms with Gasteiger partial charge in [0.2, 0.25) is 17.7 Å². The van der Waals surface area contributed by atoms with Crippen LogP contribution in [0, 0.1) is 0 Å². The highest BCUT2D eigenvalue weighted by atomic mass is 32.2. The van der Waals surface area contributed by atoms with Crippen molar-refractivity contribution in [3.8, 4) is 17.2 Å². The lowest BCUT2D eigenvalue weighted by atomic mass is 9.88. The average Bonchev–Trinajstić information content (AvgIpc) is 3.45. The molecular weight excluding hydrogens is 655 g/mol. The molecule has 256 valence electrons. The van der Waals surface area contributed by atoms with Crippen LogP contribution in [0.2, 0.25) is 0 Å². The molecule has 4 amide bonds. The van der Waals surface area contributed by atoms with E-state index in [9.17, 15) is 29.4 Å². The Morgan fingerprint density at radius 1 is 0.900 bits per heavy atom. The molecule has 0 bridgehead atoms. The molecule has 6 rings (SSSR count). The minimum Gasteiger partial charge on any atom is -0.508 e. The van der Waals surface area contributed by atoms with Gasteiger partial charge < -0.3 is 25.2 Å².